The van der Waals surface area contributed by atoms with Gasteiger partial charge in [0.15, 0.2) is 11.5 Å². The molecule has 1 aliphatic carbocycles. The highest BCUT2D eigenvalue weighted by molar-refractivity contribution is 5.76. The van der Waals surface area contributed by atoms with Gasteiger partial charge in [0.05, 0.1) is 20.3 Å². The standard InChI is InChI=1S/C23H36N2O4/c1-18-3-7-20(8-4-18)24-23(26)10-6-19-5-9-21(22(17-19)27-2)29-16-13-25-11-14-28-15-12-25/h5,9,17-18,20H,3-4,6-8,10-16H2,1-2H3,(H,24,26). The first-order valence-corrected chi connectivity index (χ1v) is 11.0. The third-order valence-electron chi connectivity index (χ3n) is 6.02. The van der Waals surface area contributed by atoms with E-state index < -0.39 is 0 Å². The summed E-state index contributed by atoms with van der Waals surface area (Å²) in [5.41, 5.74) is 1.09. The van der Waals surface area contributed by atoms with Crippen molar-refractivity contribution >= 4 is 5.91 Å². The zero-order valence-electron chi connectivity index (χ0n) is 18.0. The van der Waals surface area contributed by atoms with Gasteiger partial charge in [-0.25, -0.2) is 0 Å². The minimum atomic E-state index is 0.148. The highest BCUT2D eigenvalue weighted by Gasteiger charge is 2.19. The van der Waals surface area contributed by atoms with Crippen LogP contribution in [-0.4, -0.2) is 63.4 Å². The van der Waals surface area contributed by atoms with E-state index in [-0.39, 0.29) is 5.91 Å². The molecule has 1 aromatic rings. The molecule has 6 nitrogen and oxygen atoms in total. The SMILES string of the molecule is COc1cc(CCC(=O)NC2CCC(C)CC2)ccc1OCCN1CCOCC1. The maximum atomic E-state index is 12.3. The predicted molar refractivity (Wildman–Crippen MR) is 114 cm³/mol. The van der Waals surface area contributed by atoms with Gasteiger partial charge in [0.1, 0.15) is 6.61 Å². The quantitative estimate of drug-likeness (QED) is 0.686. The van der Waals surface area contributed by atoms with Gasteiger partial charge in [-0.1, -0.05) is 13.0 Å². The van der Waals surface area contributed by atoms with Gasteiger partial charge in [0.2, 0.25) is 5.91 Å². The summed E-state index contributed by atoms with van der Waals surface area (Å²) in [4.78, 5) is 14.6. The van der Waals surface area contributed by atoms with Gasteiger partial charge in [0, 0.05) is 32.1 Å². The Labute approximate surface area is 174 Å². The van der Waals surface area contributed by atoms with E-state index in [1.165, 1.54) is 12.8 Å². The molecule has 6 heteroatoms. The van der Waals surface area contributed by atoms with Gasteiger partial charge >= 0.3 is 0 Å². The summed E-state index contributed by atoms with van der Waals surface area (Å²) in [5.74, 6) is 2.43. The Balaban J connectivity index is 1.42. The molecule has 1 N–H and O–H groups in total. The van der Waals surface area contributed by atoms with Crippen molar-refractivity contribution in [3.63, 3.8) is 0 Å². The molecule has 1 aliphatic heterocycles. The molecule has 162 valence electrons. The van der Waals surface area contributed by atoms with E-state index in [4.69, 9.17) is 14.2 Å². The summed E-state index contributed by atoms with van der Waals surface area (Å²) in [7, 11) is 1.66. The fourth-order valence-electron chi connectivity index (χ4n) is 4.06. The number of methoxy groups -OCH3 is 1. The molecule has 29 heavy (non-hydrogen) atoms. The van der Waals surface area contributed by atoms with Crippen molar-refractivity contribution in [1.29, 1.82) is 0 Å². The summed E-state index contributed by atoms with van der Waals surface area (Å²) in [6, 6.07) is 6.32. The van der Waals surface area contributed by atoms with Gasteiger partial charge in [-0.15, -0.1) is 0 Å². The lowest BCUT2D eigenvalue weighted by atomic mass is 9.87. The average Bonchev–Trinajstić information content (AvgIpc) is 2.75. The van der Waals surface area contributed by atoms with Crippen LogP contribution >= 0.6 is 0 Å². The molecule has 2 fully saturated rings. The van der Waals surface area contributed by atoms with Gasteiger partial charge < -0.3 is 19.5 Å². The largest absolute Gasteiger partial charge is 0.493 e. The molecule has 0 radical (unpaired) electrons. The number of benzene rings is 1. The van der Waals surface area contributed by atoms with Crippen LogP contribution in [0.5, 0.6) is 11.5 Å². The second-order valence-electron chi connectivity index (χ2n) is 8.31. The number of nitrogens with one attached hydrogen (secondary N) is 1. The van der Waals surface area contributed by atoms with Crippen molar-refractivity contribution < 1.29 is 19.0 Å². The van der Waals surface area contributed by atoms with Gasteiger partial charge in [-0.2, -0.15) is 0 Å². The van der Waals surface area contributed by atoms with Crippen molar-refractivity contribution in [2.24, 2.45) is 5.92 Å². The highest BCUT2D eigenvalue weighted by atomic mass is 16.5. The second-order valence-corrected chi connectivity index (χ2v) is 8.31. The number of aryl methyl sites for hydroxylation is 1. The Morgan fingerprint density at radius 2 is 1.93 bits per heavy atom. The fraction of sp³-hybridized carbons (Fsp3) is 0.696. The van der Waals surface area contributed by atoms with Crippen molar-refractivity contribution in [3.8, 4) is 11.5 Å². The zero-order chi connectivity index (χ0) is 20.5. The number of nitrogens with zero attached hydrogens (tertiary/aromatic N) is 1. The number of carbonyl (C=O) groups is 1. The number of hydrogen-bond acceptors (Lipinski definition) is 5. The van der Waals surface area contributed by atoms with Gasteiger partial charge in [-0.3, -0.25) is 9.69 Å². The number of rotatable bonds is 9. The first-order chi connectivity index (χ1) is 14.1. The molecule has 2 aliphatic rings. The molecular weight excluding hydrogens is 368 g/mol. The van der Waals surface area contributed by atoms with Crippen LogP contribution in [0.25, 0.3) is 0 Å². The monoisotopic (exact) mass is 404 g/mol. The number of morpholine rings is 1. The molecule has 1 amide bonds. The summed E-state index contributed by atoms with van der Waals surface area (Å²) in [6.45, 7) is 7.31. The van der Waals surface area contributed by atoms with E-state index in [0.29, 0.717) is 25.5 Å². The lowest BCUT2D eigenvalue weighted by Crippen LogP contribution is -2.38. The maximum absolute atomic E-state index is 12.3. The topological polar surface area (TPSA) is 60.0 Å². The Morgan fingerprint density at radius 1 is 1.17 bits per heavy atom. The van der Waals surface area contributed by atoms with Crippen LogP contribution in [0.4, 0.5) is 0 Å². The van der Waals surface area contributed by atoms with Gasteiger partial charge in [-0.05, 0) is 55.7 Å². The van der Waals surface area contributed by atoms with E-state index in [2.05, 4.69) is 17.1 Å². The van der Waals surface area contributed by atoms with Crippen molar-refractivity contribution in [2.45, 2.75) is 51.5 Å². The minimum Gasteiger partial charge on any atom is -0.493 e. The predicted octanol–water partition coefficient (Wildman–Crippen LogP) is 3.03. The molecule has 3 rings (SSSR count). The Kier molecular flexibility index (Phi) is 8.62. The average molecular weight is 405 g/mol. The number of ether oxygens (including phenoxy) is 3. The van der Waals surface area contributed by atoms with E-state index in [1.807, 2.05) is 18.2 Å². The van der Waals surface area contributed by atoms with E-state index in [0.717, 1.165) is 68.7 Å². The molecule has 0 aromatic heterocycles. The molecule has 0 spiro atoms. The smallest absolute Gasteiger partial charge is 0.220 e. The first kappa shape index (κ1) is 21.9. The first-order valence-electron chi connectivity index (χ1n) is 11.0. The molecule has 1 heterocycles. The Bertz CT molecular complexity index is 638. The van der Waals surface area contributed by atoms with Crippen LogP contribution in [0.15, 0.2) is 18.2 Å². The lowest BCUT2D eigenvalue weighted by molar-refractivity contribution is -0.122. The highest BCUT2D eigenvalue weighted by Crippen LogP contribution is 2.29. The van der Waals surface area contributed by atoms with Gasteiger partial charge in [0.25, 0.3) is 0 Å². The van der Waals surface area contributed by atoms with Crippen molar-refractivity contribution in [2.75, 3.05) is 46.6 Å². The third kappa shape index (κ3) is 7.19. The summed E-state index contributed by atoms with van der Waals surface area (Å²) < 4.78 is 16.8. The zero-order valence-corrected chi connectivity index (χ0v) is 18.0. The molecule has 0 bridgehead atoms. The van der Waals surface area contributed by atoms with Crippen molar-refractivity contribution in [3.05, 3.63) is 23.8 Å². The third-order valence-corrected chi connectivity index (χ3v) is 6.02. The van der Waals surface area contributed by atoms with Crippen LogP contribution < -0.4 is 14.8 Å². The van der Waals surface area contributed by atoms with E-state index >= 15 is 0 Å². The number of hydrogen-bond donors (Lipinski definition) is 1. The molecule has 1 saturated carbocycles. The Hall–Kier alpha value is -1.79. The Morgan fingerprint density at radius 3 is 2.66 bits per heavy atom. The van der Waals surface area contributed by atoms with Crippen LogP contribution in [0.2, 0.25) is 0 Å². The fourth-order valence-corrected chi connectivity index (χ4v) is 4.06. The van der Waals surface area contributed by atoms with E-state index in [1.54, 1.807) is 7.11 Å². The molecular formula is C23H36N2O4. The van der Waals surface area contributed by atoms with Crippen molar-refractivity contribution in [1.82, 2.24) is 10.2 Å². The summed E-state index contributed by atoms with van der Waals surface area (Å²) in [6.07, 6.45) is 5.87. The molecule has 0 atom stereocenters. The van der Waals surface area contributed by atoms with Crippen LogP contribution in [0, 0.1) is 5.92 Å². The second kappa shape index (κ2) is 11.4. The lowest BCUT2D eigenvalue weighted by Gasteiger charge is -2.27. The summed E-state index contributed by atoms with van der Waals surface area (Å²) >= 11 is 0. The minimum absolute atomic E-state index is 0.148. The molecule has 1 saturated heterocycles. The number of amides is 1. The number of carbonyl (C=O) groups excluding carboxylic acids is 1. The molecule has 1 aromatic carbocycles. The van der Waals surface area contributed by atoms with E-state index in [9.17, 15) is 4.79 Å². The summed E-state index contributed by atoms with van der Waals surface area (Å²) in [5, 5.41) is 3.20. The van der Waals surface area contributed by atoms with Crippen LogP contribution in [0.3, 0.4) is 0 Å². The normalized spacial score (nSPS) is 22.8. The van der Waals surface area contributed by atoms with Crippen LogP contribution in [-0.2, 0) is 16.0 Å². The maximum Gasteiger partial charge on any atom is 0.220 e. The molecule has 0 unspecified atom stereocenters. The van der Waals surface area contributed by atoms with Crippen LogP contribution in [0.1, 0.15) is 44.6 Å².